The summed E-state index contributed by atoms with van der Waals surface area (Å²) >= 11 is 0. The molecule has 3 heterocycles. The van der Waals surface area contributed by atoms with Gasteiger partial charge in [-0.25, -0.2) is 8.42 Å². The number of H-pyrrole nitrogens is 1. The number of ether oxygens (including phenoxy) is 3. The Bertz CT molecular complexity index is 1340. The van der Waals surface area contributed by atoms with Gasteiger partial charge in [-0.3, -0.25) is 4.79 Å². The van der Waals surface area contributed by atoms with Gasteiger partial charge in [-0.05, 0) is 55.5 Å². The van der Waals surface area contributed by atoms with E-state index in [4.69, 9.17) is 14.2 Å². The molecule has 1 aromatic heterocycles. The molecule has 9 heteroatoms. The van der Waals surface area contributed by atoms with E-state index in [0.29, 0.717) is 36.9 Å². The summed E-state index contributed by atoms with van der Waals surface area (Å²) in [6.45, 7) is 3.48. The Morgan fingerprint density at radius 2 is 1.85 bits per heavy atom. The lowest BCUT2D eigenvalue weighted by molar-refractivity contribution is 0.0925. The lowest BCUT2D eigenvalue weighted by atomic mass is 10.1. The summed E-state index contributed by atoms with van der Waals surface area (Å²) in [5.41, 5.74) is 1.85. The van der Waals surface area contributed by atoms with Crippen molar-refractivity contribution < 1.29 is 22.6 Å². The van der Waals surface area contributed by atoms with Gasteiger partial charge < -0.3 is 19.2 Å². The molecule has 0 bridgehead atoms. The minimum Gasteiger partial charge on any atom is -0.486 e. The molecule has 174 valence electrons. The third-order valence-electron chi connectivity index (χ3n) is 6.01. The van der Waals surface area contributed by atoms with Crippen LogP contribution in [0, 0.1) is 6.92 Å². The van der Waals surface area contributed by atoms with Gasteiger partial charge in [-0.2, -0.15) is 4.31 Å². The number of aryl methyl sites for hydroxylation is 1. The van der Waals surface area contributed by atoms with Gasteiger partial charge in [-0.15, -0.1) is 0 Å². The number of benzene rings is 2. The zero-order valence-corrected chi connectivity index (χ0v) is 19.2. The zero-order valence-electron chi connectivity index (χ0n) is 18.4. The summed E-state index contributed by atoms with van der Waals surface area (Å²) in [5.74, 6) is 0.922. The van der Waals surface area contributed by atoms with E-state index in [1.165, 1.54) is 16.4 Å². The minimum absolute atomic E-state index is 0.0597. The number of rotatable bonds is 6. The highest BCUT2D eigenvalue weighted by atomic mass is 32.2. The first-order chi connectivity index (χ1) is 15.9. The van der Waals surface area contributed by atoms with Gasteiger partial charge in [0, 0.05) is 36.8 Å². The predicted octanol–water partition coefficient (Wildman–Crippen LogP) is 2.98. The Morgan fingerprint density at radius 3 is 2.64 bits per heavy atom. The largest absolute Gasteiger partial charge is 0.486 e. The Labute approximate surface area is 192 Å². The molecule has 2 aliphatic heterocycles. The van der Waals surface area contributed by atoms with Crippen LogP contribution in [0.5, 0.6) is 11.5 Å². The van der Waals surface area contributed by atoms with Crippen molar-refractivity contribution in [2.75, 3.05) is 26.4 Å². The molecule has 1 saturated heterocycles. The second-order valence-electron chi connectivity index (χ2n) is 8.45. The fraction of sp³-hybridized carbons (Fsp3) is 0.375. The monoisotopic (exact) mass is 470 g/mol. The zero-order chi connectivity index (χ0) is 23.0. The van der Waals surface area contributed by atoms with E-state index < -0.39 is 10.0 Å². The summed E-state index contributed by atoms with van der Waals surface area (Å²) in [5, 5.41) is 0.860. The smallest absolute Gasteiger partial charge is 0.252 e. The maximum absolute atomic E-state index is 13.7. The molecule has 1 N–H and O–H groups in total. The van der Waals surface area contributed by atoms with Gasteiger partial charge in [-0.1, -0.05) is 11.6 Å². The normalized spacial score (nSPS) is 18.2. The third kappa shape index (κ3) is 4.48. The Morgan fingerprint density at radius 1 is 1.03 bits per heavy atom. The number of aromatic amines is 1. The Kier molecular flexibility index (Phi) is 5.86. The van der Waals surface area contributed by atoms with Crippen LogP contribution < -0.4 is 15.0 Å². The molecule has 8 nitrogen and oxygen atoms in total. The fourth-order valence-corrected chi connectivity index (χ4v) is 5.74. The van der Waals surface area contributed by atoms with Gasteiger partial charge in [0.1, 0.15) is 13.2 Å². The highest BCUT2D eigenvalue weighted by molar-refractivity contribution is 7.89. The van der Waals surface area contributed by atoms with Crippen LogP contribution in [-0.2, 0) is 21.3 Å². The number of nitrogens with zero attached hydrogens (tertiary/aromatic N) is 1. The molecule has 0 unspecified atom stereocenters. The van der Waals surface area contributed by atoms with E-state index in [1.807, 2.05) is 25.1 Å². The van der Waals surface area contributed by atoms with Crippen molar-refractivity contribution in [1.82, 2.24) is 9.29 Å². The lowest BCUT2D eigenvalue weighted by Gasteiger charge is -2.26. The summed E-state index contributed by atoms with van der Waals surface area (Å²) in [6.07, 6.45) is 1.46. The molecule has 0 amide bonds. The van der Waals surface area contributed by atoms with Crippen LogP contribution >= 0.6 is 0 Å². The molecule has 2 aromatic carbocycles. The summed E-state index contributed by atoms with van der Waals surface area (Å²) < 4.78 is 45.6. The summed E-state index contributed by atoms with van der Waals surface area (Å²) in [6, 6.07) is 12.1. The summed E-state index contributed by atoms with van der Waals surface area (Å²) in [4.78, 5) is 15.8. The standard InChI is InChI=1S/C24H26N2O6S/c1-16-4-6-21-17(11-16)12-18(24(27)25-21)14-26(15-19-3-2-8-30-19)33(28,29)20-5-7-22-23(13-20)32-10-9-31-22/h4-7,11-13,19H,2-3,8-10,14-15H2,1H3,(H,25,27)/t19-/m1/s1. The maximum atomic E-state index is 13.7. The topological polar surface area (TPSA) is 97.9 Å². The lowest BCUT2D eigenvalue weighted by Crippen LogP contribution is -2.38. The number of sulfonamides is 1. The highest BCUT2D eigenvalue weighted by Crippen LogP contribution is 2.33. The molecule has 0 saturated carbocycles. The number of pyridine rings is 1. The second-order valence-corrected chi connectivity index (χ2v) is 10.4. The van der Waals surface area contributed by atoms with Crippen LogP contribution in [0.2, 0.25) is 0 Å². The van der Waals surface area contributed by atoms with Gasteiger partial charge in [0.15, 0.2) is 11.5 Å². The second kappa shape index (κ2) is 8.81. The van der Waals surface area contributed by atoms with E-state index >= 15 is 0 Å². The van der Waals surface area contributed by atoms with Gasteiger partial charge >= 0.3 is 0 Å². The van der Waals surface area contributed by atoms with E-state index in [1.54, 1.807) is 12.1 Å². The number of aromatic nitrogens is 1. The van der Waals surface area contributed by atoms with Crippen LogP contribution in [0.25, 0.3) is 10.9 Å². The Balaban J connectivity index is 1.52. The molecule has 1 fully saturated rings. The molecule has 0 spiro atoms. The van der Waals surface area contributed by atoms with E-state index in [9.17, 15) is 13.2 Å². The average molecular weight is 471 g/mol. The molecule has 3 aromatic rings. The van der Waals surface area contributed by atoms with Crippen molar-refractivity contribution in [2.45, 2.75) is 37.3 Å². The molecular weight excluding hydrogens is 444 g/mol. The van der Waals surface area contributed by atoms with Crippen molar-refractivity contribution in [2.24, 2.45) is 0 Å². The van der Waals surface area contributed by atoms with Crippen LogP contribution in [0.1, 0.15) is 24.0 Å². The number of hydrogen-bond donors (Lipinski definition) is 1. The Hall–Kier alpha value is -2.88. The van der Waals surface area contributed by atoms with Crippen LogP contribution in [0.15, 0.2) is 52.2 Å². The number of hydrogen-bond acceptors (Lipinski definition) is 6. The molecule has 5 rings (SSSR count). The molecule has 1 atom stereocenters. The first-order valence-corrected chi connectivity index (χ1v) is 12.5. The van der Waals surface area contributed by atoms with Crippen molar-refractivity contribution in [3.63, 3.8) is 0 Å². The van der Waals surface area contributed by atoms with Crippen LogP contribution in [0.3, 0.4) is 0 Å². The van der Waals surface area contributed by atoms with Gasteiger partial charge in [0.05, 0.1) is 11.0 Å². The van der Waals surface area contributed by atoms with Crippen molar-refractivity contribution in [3.05, 3.63) is 63.9 Å². The van der Waals surface area contributed by atoms with Crippen LogP contribution in [-0.4, -0.2) is 50.2 Å². The molecule has 33 heavy (non-hydrogen) atoms. The molecule has 0 aliphatic carbocycles. The SMILES string of the molecule is Cc1ccc2[nH]c(=O)c(CN(C[C@H]3CCCO3)S(=O)(=O)c3ccc4c(c3)OCCO4)cc2c1. The first kappa shape index (κ1) is 21.9. The first-order valence-electron chi connectivity index (χ1n) is 11.0. The predicted molar refractivity (Wildman–Crippen MR) is 123 cm³/mol. The minimum atomic E-state index is -3.93. The molecule has 0 radical (unpaired) electrons. The summed E-state index contributed by atoms with van der Waals surface area (Å²) in [7, 11) is -3.93. The van der Waals surface area contributed by atoms with E-state index in [2.05, 4.69) is 4.98 Å². The molecular formula is C24H26N2O6S. The number of nitrogens with one attached hydrogen (secondary N) is 1. The third-order valence-corrected chi connectivity index (χ3v) is 7.81. The maximum Gasteiger partial charge on any atom is 0.252 e. The quantitative estimate of drug-likeness (QED) is 0.595. The molecule has 2 aliphatic rings. The van der Waals surface area contributed by atoms with E-state index in [-0.39, 0.29) is 29.6 Å². The van der Waals surface area contributed by atoms with E-state index in [0.717, 1.165) is 29.3 Å². The average Bonchev–Trinajstić information content (AvgIpc) is 3.32. The van der Waals surface area contributed by atoms with Crippen LogP contribution in [0.4, 0.5) is 0 Å². The van der Waals surface area contributed by atoms with Gasteiger partial charge in [0.25, 0.3) is 5.56 Å². The fourth-order valence-electron chi connectivity index (χ4n) is 4.28. The highest BCUT2D eigenvalue weighted by Gasteiger charge is 2.31. The van der Waals surface area contributed by atoms with Gasteiger partial charge in [0.2, 0.25) is 10.0 Å². The van der Waals surface area contributed by atoms with Crippen molar-refractivity contribution in [3.8, 4) is 11.5 Å². The number of fused-ring (bicyclic) bond motifs is 2. The van der Waals surface area contributed by atoms with Crippen molar-refractivity contribution >= 4 is 20.9 Å². The van der Waals surface area contributed by atoms with Crippen molar-refractivity contribution in [1.29, 1.82) is 0 Å².